The molecule has 0 bridgehead atoms. The summed E-state index contributed by atoms with van der Waals surface area (Å²) in [6.45, 7) is 1.44. The van der Waals surface area contributed by atoms with E-state index >= 15 is 0 Å². The predicted octanol–water partition coefficient (Wildman–Crippen LogP) is 3.83. The molecule has 4 nitrogen and oxygen atoms in total. The van der Waals surface area contributed by atoms with Crippen LogP contribution in [0.3, 0.4) is 0 Å². The van der Waals surface area contributed by atoms with Gasteiger partial charge in [-0.1, -0.05) is 53.7 Å². The number of ketones is 1. The lowest BCUT2D eigenvalue weighted by Crippen LogP contribution is -2.20. The van der Waals surface area contributed by atoms with Crippen molar-refractivity contribution in [3.63, 3.8) is 0 Å². The predicted molar refractivity (Wildman–Crippen MR) is 95.1 cm³/mol. The van der Waals surface area contributed by atoms with E-state index in [4.69, 9.17) is 16.0 Å². The Morgan fingerprint density at radius 1 is 1.16 bits per heavy atom. The molecule has 1 heterocycles. The van der Waals surface area contributed by atoms with Crippen LogP contribution in [0, 0.1) is 0 Å². The van der Waals surface area contributed by atoms with Gasteiger partial charge >= 0.3 is 5.63 Å². The Bertz CT molecular complexity index is 990. The van der Waals surface area contributed by atoms with E-state index in [9.17, 15) is 14.7 Å². The lowest BCUT2D eigenvalue weighted by molar-refractivity contribution is -0.267. The summed E-state index contributed by atoms with van der Waals surface area (Å²) in [5, 5.41) is 13.7. The number of fused-ring (bicyclic) bond motifs is 1. The molecule has 1 aromatic heterocycles. The number of hydrogen-bond donors (Lipinski definition) is 0. The Kier molecular flexibility index (Phi) is 4.91. The monoisotopic (exact) mass is 355 g/mol. The average Bonchev–Trinajstić information content (AvgIpc) is 2.56. The molecule has 0 amide bonds. The van der Waals surface area contributed by atoms with Crippen molar-refractivity contribution in [3.05, 3.63) is 75.1 Å². The van der Waals surface area contributed by atoms with Gasteiger partial charge in [0.2, 0.25) is 0 Å². The molecule has 25 heavy (non-hydrogen) atoms. The minimum absolute atomic E-state index is 0.00817. The van der Waals surface area contributed by atoms with Crippen molar-refractivity contribution < 1.29 is 14.3 Å². The number of carbonyl (C=O) groups is 1. The summed E-state index contributed by atoms with van der Waals surface area (Å²) in [7, 11) is 0. The minimum atomic E-state index is -0.693. The quantitative estimate of drug-likeness (QED) is 0.652. The van der Waals surface area contributed by atoms with Crippen LogP contribution < -0.4 is 10.7 Å². The molecule has 128 valence electrons. The van der Waals surface area contributed by atoms with Gasteiger partial charge in [-0.3, -0.25) is 0 Å². The maximum absolute atomic E-state index is 12.8. The summed E-state index contributed by atoms with van der Waals surface area (Å²) in [5.74, 6) is -1.07. The molecule has 0 aliphatic carbocycles. The summed E-state index contributed by atoms with van der Waals surface area (Å²) >= 11 is 6.20. The third kappa shape index (κ3) is 3.59. The molecule has 2 aromatic carbocycles. The smallest absolute Gasteiger partial charge is 0.339 e. The van der Waals surface area contributed by atoms with Gasteiger partial charge in [-0.25, -0.2) is 4.79 Å². The number of para-hydroxylation sites is 1. The second kappa shape index (κ2) is 7.11. The highest BCUT2D eigenvalue weighted by Crippen LogP contribution is 2.33. The lowest BCUT2D eigenvalue weighted by Gasteiger charge is -2.22. The molecule has 1 unspecified atom stereocenters. The van der Waals surface area contributed by atoms with E-state index in [1.165, 1.54) is 6.92 Å². The number of benzene rings is 2. The van der Waals surface area contributed by atoms with Crippen LogP contribution in [-0.4, -0.2) is 5.78 Å². The highest BCUT2D eigenvalue weighted by Gasteiger charge is 2.22. The first-order valence-electron chi connectivity index (χ1n) is 7.93. The zero-order valence-corrected chi connectivity index (χ0v) is 14.4. The Hall–Kier alpha value is -2.59. The molecular formula is C20H16ClO4-. The van der Waals surface area contributed by atoms with Crippen molar-refractivity contribution in [1.82, 2.24) is 0 Å². The standard InChI is InChI=1S/C20H17ClO4/c1-12(22)10-14(11-13-6-2-4-8-16(13)21)18-19(23)15-7-3-5-9-17(15)25-20(18)24/h2-9,14,23H,10-11H2,1H3/p-1. The third-order valence-corrected chi connectivity index (χ3v) is 4.53. The summed E-state index contributed by atoms with van der Waals surface area (Å²) in [4.78, 5) is 24.2. The van der Waals surface area contributed by atoms with Gasteiger partial charge in [0.15, 0.2) is 0 Å². The molecule has 0 aliphatic rings. The van der Waals surface area contributed by atoms with E-state index in [1.807, 2.05) is 12.1 Å². The molecular weight excluding hydrogens is 340 g/mol. The third-order valence-electron chi connectivity index (χ3n) is 4.17. The van der Waals surface area contributed by atoms with Crippen LogP contribution in [-0.2, 0) is 11.2 Å². The molecule has 1 atom stereocenters. The number of rotatable bonds is 5. The SMILES string of the molecule is CC(=O)CC(Cc1ccccc1Cl)c1c([O-])c2ccccc2oc1=O. The number of carbonyl (C=O) groups excluding carboxylic acids is 1. The van der Waals surface area contributed by atoms with E-state index in [0.29, 0.717) is 16.8 Å². The second-order valence-corrected chi connectivity index (χ2v) is 6.43. The first-order chi connectivity index (χ1) is 12.0. The van der Waals surface area contributed by atoms with Crippen molar-refractivity contribution in [1.29, 1.82) is 0 Å². The molecule has 3 aromatic rings. The second-order valence-electron chi connectivity index (χ2n) is 6.03. The van der Waals surface area contributed by atoms with Gasteiger partial charge in [-0.05, 0) is 31.0 Å². The van der Waals surface area contributed by atoms with E-state index in [-0.39, 0.29) is 29.1 Å². The molecule has 5 heteroatoms. The summed E-state index contributed by atoms with van der Waals surface area (Å²) in [6, 6.07) is 13.8. The van der Waals surface area contributed by atoms with E-state index < -0.39 is 11.5 Å². The van der Waals surface area contributed by atoms with Crippen LogP contribution in [0.25, 0.3) is 11.0 Å². The number of halogens is 1. The number of Topliss-reactive ketones (excluding diaryl/α,β-unsaturated/α-hetero) is 1. The fourth-order valence-electron chi connectivity index (χ4n) is 3.04. The Morgan fingerprint density at radius 2 is 1.84 bits per heavy atom. The van der Waals surface area contributed by atoms with Crippen molar-refractivity contribution in [2.24, 2.45) is 0 Å². The van der Waals surface area contributed by atoms with E-state index in [0.717, 1.165) is 5.56 Å². The number of hydrogen-bond acceptors (Lipinski definition) is 4. The molecule has 0 radical (unpaired) electrons. The Morgan fingerprint density at radius 3 is 2.56 bits per heavy atom. The molecule has 0 aliphatic heterocycles. The summed E-state index contributed by atoms with van der Waals surface area (Å²) < 4.78 is 5.30. The van der Waals surface area contributed by atoms with Gasteiger partial charge in [0, 0.05) is 28.3 Å². The molecule has 0 saturated heterocycles. The van der Waals surface area contributed by atoms with Crippen LogP contribution in [0.2, 0.25) is 5.02 Å². The largest absolute Gasteiger partial charge is 0.872 e. The minimum Gasteiger partial charge on any atom is -0.872 e. The Labute approximate surface area is 149 Å². The van der Waals surface area contributed by atoms with Crippen LogP contribution in [0.15, 0.2) is 57.7 Å². The zero-order valence-electron chi connectivity index (χ0n) is 13.6. The first kappa shape index (κ1) is 17.2. The average molecular weight is 356 g/mol. The van der Waals surface area contributed by atoms with Crippen molar-refractivity contribution >= 4 is 28.4 Å². The maximum Gasteiger partial charge on any atom is 0.339 e. The van der Waals surface area contributed by atoms with Crippen molar-refractivity contribution in [3.8, 4) is 5.75 Å². The molecule has 0 N–H and O–H groups in total. The van der Waals surface area contributed by atoms with Crippen molar-refractivity contribution in [2.45, 2.75) is 25.7 Å². The molecule has 0 saturated carbocycles. The lowest BCUT2D eigenvalue weighted by atomic mass is 9.88. The summed E-state index contributed by atoms with van der Waals surface area (Å²) in [6.07, 6.45) is 0.390. The van der Waals surface area contributed by atoms with Gasteiger partial charge in [0.1, 0.15) is 11.4 Å². The first-order valence-corrected chi connectivity index (χ1v) is 8.30. The van der Waals surface area contributed by atoms with Crippen LogP contribution in [0.4, 0.5) is 0 Å². The topological polar surface area (TPSA) is 70.3 Å². The normalized spacial score (nSPS) is 12.2. The maximum atomic E-state index is 12.8. The van der Waals surface area contributed by atoms with Crippen molar-refractivity contribution in [2.75, 3.05) is 0 Å². The van der Waals surface area contributed by atoms with Gasteiger partial charge < -0.3 is 14.3 Å². The fraction of sp³-hybridized carbons (Fsp3) is 0.200. The summed E-state index contributed by atoms with van der Waals surface area (Å²) in [5.41, 5.74) is 0.346. The van der Waals surface area contributed by atoms with Crippen LogP contribution in [0.5, 0.6) is 5.75 Å². The highest BCUT2D eigenvalue weighted by molar-refractivity contribution is 6.31. The molecule has 0 spiro atoms. The highest BCUT2D eigenvalue weighted by atomic mass is 35.5. The van der Waals surface area contributed by atoms with E-state index in [2.05, 4.69) is 0 Å². The Balaban J connectivity index is 2.13. The molecule has 3 rings (SSSR count). The molecule has 0 fully saturated rings. The van der Waals surface area contributed by atoms with Crippen LogP contribution in [0.1, 0.15) is 30.4 Å². The van der Waals surface area contributed by atoms with Gasteiger partial charge in [0.25, 0.3) is 0 Å². The van der Waals surface area contributed by atoms with Gasteiger partial charge in [-0.15, -0.1) is 0 Å². The van der Waals surface area contributed by atoms with Gasteiger partial charge in [-0.2, -0.15) is 0 Å². The van der Waals surface area contributed by atoms with E-state index in [1.54, 1.807) is 36.4 Å². The zero-order chi connectivity index (χ0) is 18.0. The van der Waals surface area contributed by atoms with Crippen LogP contribution >= 0.6 is 11.6 Å². The fourth-order valence-corrected chi connectivity index (χ4v) is 3.25. The van der Waals surface area contributed by atoms with Gasteiger partial charge in [0.05, 0.1) is 0 Å².